The van der Waals surface area contributed by atoms with Gasteiger partial charge in [-0.15, -0.1) is 0 Å². The van der Waals surface area contributed by atoms with Gasteiger partial charge in [-0.25, -0.2) is 0 Å². The Labute approximate surface area is 127 Å². The second-order valence-electron chi connectivity index (χ2n) is 5.68. The molecule has 3 atom stereocenters. The normalized spacial score (nSPS) is 15.1. The maximum absolute atomic E-state index is 12.1. The molecule has 21 heavy (non-hydrogen) atoms. The minimum Gasteiger partial charge on any atom is -0.481 e. The number of nitrogens with one attached hydrogen (secondary N) is 1. The highest BCUT2D eigenvalue weighted by molar-refractivity contribution is 5.81. The highest BCUT2D eigenvalue weighted by atomic mass is 16.5. The molecule has 0 aliphatic rings. The molecule has 0 saturated carbocycles. The van der Waals surface area contributed by atoms with Gasteiger partial charge in [-0.05, 0) is 46.2 Å². The first-order valence-corrected chi connectivity index (χ1v) is 7.60. The number of aliphatic hydroxyl groups excluding tert-OH is 1. The molecule has 0 aliphatic carbocycles. The SMILES string of the molecule is CCCC(C)NC(=O)C(C)Oc1ccc(C)cc1[C@H](C)O. The number of amides is 1. The standard InChI is InChI=1S/C17H27NO3/c1-6-7-12(3)18-17(20)14(5)21-16-9-8-11(2)10-15(16)13(4)19/h8-10,12-14,19H,6-7H2,1-5H3,(H,18,20)/t12?,13-,14?/m0/s1. The van der Waals surface area contributed by atoms with Gasteiger partial charge >= 0.3 is 0 Å². The number of ether oxygens (including phenoxy) is 1. The van der Waals surface area contributed by atoms with Crippen LogP contribution in [0, 0.1) is 6.92 Å². The van der Waals surface area contributed by atoms with Crippen LogP contribution in [-0.2, 0) is 4.79 Å². The second-order valence-corrected chi connectivity index (χ2v) is 5.68. The number of benzene rings is 1. The maximum atomic E-state index is 12.1. The van der Waals surface area contributed by atoms with Crippen molar-refractivity contribution >= 4 is 5.91 Å². The molecule has 1 rings (SSSR count). The summed E-state index contributed by atoms with van der Waals surface area (Å²) in [6.07, 6.45) is 0.752. The summed E-state index contributed by atoms with van der Waals surface area (Å²) in [5.41, 5.74) is 1.75. The summed E-state index contributed by atoms with van der Waals surface area (Å²) in [6.45, 7) is 9.44. The topological polar surface area (TPSA) is 58.6 Å². The summed E-state index contributed by atoms with van der Waals surface area (Å²) < 4.78 is 5.73. The predicted molar refractivity (Wildman–Crippen MR) is 84.4 cm³/mol. The Kier molecular flexibility index (Phi) is 6.69. The van der Waals surface area contributed by atoms with Gasteiger partial charge in [0.2, 0.25) is 0 Å². The lowest BCUT2D eigenvalue weighted by Gasteiger charge is -2.20. The Morgan fingerprint density at radius 1 is 1.33 bits per heavy atom. The van der Waals surface area contributed by atoms with E-state index in [0.29, 0.717) is 11.3 Å². The lowest BCUT2D eigenvalue weighted by molar-refractivity contribution is -0.128. The fourth-order valence-electron chi connectivity index (χ4n) is 2.21. The molecule has 0 fully saturated rings. The van der Waals surface area contributed by atoms with Crippen molar-refractivity contribution in [3.63, 3.8) is 0 Å². The Morgan fingerprint density at radius 3 is 2.57 bits per heavy atom. The highest BCUT2D eigenvalue weighted by Gasteiger charge is 2.19. The fraction of sp³-hybridized carbons (Fsp3) is 0.588. The van der Waals surface area contributed by atoms with Crippen molar-refractivity contribution in [2.24, 2.45) is 0 Å². The second kappa shape index (κ2) is 8.03. The molecule has 0 aromatic heterocycles. The first kappa shape index (κ1) is 17.5. The Balaban J connectivity index is 2.74. The Hall–Kier alpha value is -1.55. The molecular formula is C17H27NO3. The minimum absolute atomic E-state index is 0.131. The number of aliphatic hydroxyl groups is 1. The first-order valence-electron chi connectivity index (χ1n) is 7.60. The van der Waals surface area contributed by atoms with Gasteiger partial charge in [-0.1, -0.05) is 25.0 Å². The average molecular weight is 293 g/mol. The first-order chi connectivity index (χ1) is 9.85. The minimum atomic E-state index is -0.630. The molecule has 1 amide bonds. The summed E-state index contributed by atoms with van der Waals surface area (Å²) in [5.74, 6) is 0.425. The van der Waals surface area contributed by atoms with E-state index in [4.69, 9.17) is 4.74 Å². The molecule has 0 heterocycles. The fourth-order valence-corrected chi connectivity index (χ4v) is 2.21. The predicted octanol–water partition coefficient (Wildman–Crippen LogP) is 3.12. The van der Waals surface area contributed by atoms with Crippen LogP contribution in [0.2, 0.25) is 0 Å². The van der Waals surface area contributed by atoms with Crippen molar-refractivity contribution in [2.75, 3.05) is 0 Å². The van der Waals surface area contributed by atoms with E-state index in [1.807, 2.05) is 26.0 Å². The maximum Gasteiger partial charge on any atom is 0.260 e. The zero-order valence-corrected chi connectivity index (χ0v) is 13.6. The van der Waals surface area contributed by atoms with Crippen LogP contribution in [0.4, 0.5) is 0 Å². The van der Waals surface area contributed by atoms with Gasteiger partial charge in [0, 0.05) is 11.6 Å². The lowest BCUT2D eigenvalue weighted by atomic mass is 10.1. The molecule has 4 nitrogen and oxygen atoms in total. The van der Waals surface area contributed by atoms with E-state index in [2.05, 4.69) is 12.2 Å². The number of hydrogen-bond acceptors (Lipinski definition) is 3. The average Bonchev–Trinajstić information content (AvgIpc) is 2.40. The van der Waals surface area contributed by atoms with Gasteiger partial charge in [-0.3, -0.25) is 4.79 Å². The summed E-state index contributed by atoms with van der Waals surface area (Å²) in [4.78, 5) is 12.1. The molecule has 118 valence electrons. The van der Waals surface area contributed by atoms with Gasteiger partial charge in [-0.2, -0.15) is 0 Å². The molecule has 0 saturated heterocycles. The number of hydrogen-bond donors (Lipinski definition) is 2. The lowest BCUT2D eigenvalue weighted by Crippen LogP contribution is -2.41. The summed E-state index contributed by atoms with van der Waals surface area (Å²) in [6, 6.07) is 5.73. The molecule has 0 bridgehead atoms. The third kappa shape index (κ3) is 5.38. The third-order valence-electron chi connectivity index (χ3n) is 3.40. The van der Waals surface area contributed by atoms with Crippen LogP contribution in [0.5, 0.6) is 5.75 Å². The van der Waals surface area contributed by atoms with Crippen LogP contribution in [-0.4, -0.2) is 23.2 Å². The number of carbonyl (C=O) groups excluding carboxylic acids is 1. The molecule has 2 unspecified atom stereocenters. The van der Waals surface area contributed by atoms with Gasteiger partial charge in [0.05, 0.1) is 6.10 Å². The van der Waals surface area contributed by atoms with Crippen molar-refractivity contribution in [3.8, 4) is 5.75 Å². The van der Waals surface area contributed by atoms with Crippen LogP contribution in [0.1, 0.15) is 57.8 Å². The zero-order valence-electron chi connectivity index (χ0n) is 13.6. The van der Waals surface area contributed by atoms with Gasteiger partial charge in [0.15, 0.2) is 6.10 Å². The molecule has 2 N–H and O–H groups in total. The number of aryl methyl sites for hydroxylation is 1. The Morgan fingerprint density at radius 2 is 2.00 bits per heavy atom. The van der Waals surface area contributed by atoms with Crippen molar-refractivity contribution in [2.45, 2.75) is 65.7 Å². The van der Waals surface area contributed by atoms with Crippen LogP contribution in [0.3, 0.4) is 0 Å². The number of carbonyl (C=O) groups is 1. The van der Waals surface area contributed by atoms with Crippen LogP contribution in [0.25, 0.3) is 0 Å². The van der Waals surface area contributed by atoms with Crippen LogP contribution in [0.15, 0.2) is 18.2 Å². The van der Waals surface area contributed by atoms with E-state index in [9.17, 15) is 9.90 Å². The van der Waals surface area contributed by atoms with E-state index in [1.54, 1.807) is 19.9 Å². The van der Waals surface area contributed by atoms with Crippen molar-refractivity contribution in [3.05, 3.63) is 29.3 Å². The van der Waals surface area contributed by atoms with E-state index >= 15 is 0 Å². The summed E-state index contributed by atoms with van der Waals surface area (Å²) in [5, 5.41) is 12.7. The summed E-state index contributed by atoms with van der Waals surface area (Å²) in [7, 11) is 0. The van der Waals surface area contributed by atoms with E-state index < -0.39 is 12.2 Å². The molecule has 4 heteroatoms. The summed E-state index contributed by atoms with van der Waals surface area (Å²) >= 11 is 0. The monoisotopic (exact) mass is 293 g/mol. The van der Waals surface area contributed by atoms with Crippen molar-refractivity contribution in [1.29, 1.82) is 0 Å². The third-order valence-corrected chi connectivity index (χ3v) is 3.40. The van der Waals surface area contributed by atoms with Crippen molar-refractivity contribution in [1.82, 2.24) is 5.32 Å². The molecule has 0 radical (unpaired) electrons. The highest BCUT2D eigenvalue weighted by Crippen LogP contribution is 2.27. The van der Waals surface area contributed by atoms with E-state index in [-0.39, 0.29) is 11.9 Å². The molecular weight excluding hydrogens is 266 g/mol. The van der Waals surface area contributed by atoms with Gasteiger partial charge in [0.25, 0.3) is 5.91 Å². The quantitative estimate of drug-likeness (QED) is 0.812. The van der Waals surface area contributed by atoms with Crippen molar-refractivity contribution < 1.29 is 14.6 Å². The van der Waals surface area contributed by atoms with Crippen LogP contribution < -0.4 is 10.1 Å². The largest absolute Gasteiger partial charge is 0.481 e. The molecule has 0 spiro atoms. The molecule has 1 aromatic rings. The van der Waals surface area contributed by atoms with Gasteiger partial charge < -0.3 is 15.2 Å². The van der Waals surface area contributed by atoms with E-state index in [0.717, 1.165) is 18.4 Å². The molecule has 1 aromatic carbocycles. The van der Waals surface area contributed by atoms with Crippen LogP contribution >= 0.6 is 0 Å². The Bertz CT molecular complexity index is 471. The number of rotatable bonds is 7. The van der Waals surface area contributed by atoms with Gasteiger partial charge in [0.1, 0.15) is 5.75 Å². The zero-order chi connectivity index (χ0) is 16.0. The van der Waals surface area contributed by atoms with E-state index in [1.165, 1.54) is 0 Å². The molecule has 0 aliphatic heterocycles. The smallest absolute Gasteiger partial charge is 0.260 e.